The lowest BCUT2D eigenvalue weighted by Crippen LogP contribution is -2.48. The molecule has 0 aliphatic carbocycles. The standard InChI is InChI=1S/C9H17N3O2S2/c10-9(15)8-4-3-7-12(8)16(13,14)11-5-1-2-6-11/h8H,1-7H2,(H2,10,15). The first kappa shape index (κ1) is 12.2. The molecule has 2 fully saturated rings. The summed E-state index contributed by atoms with van der Waals surface area (Å²) >= 11 is 4.93. The van der Waals surface area contributed by atoms with Gasteiger partial charge >= 0.3 is 0 Å². The van der Waals surface area contributed by atoms with Gasteiger partial charge in [0.05, 0.1) is 11.0 Å². The summed E-state index contributed by atoms with van der Waals surface area (Å²) in [6.45, 7) is 1.80. The van der Waals surface area contributed by atoms with E-state index < -0.39 is 10.2 Å². The van der Waals surface area contributed by atoms with Crippen LogP contribution in [0, 0.1) is 0 Å². The van der Waals surface area contributed by atoms with E-state index >= 15 is 0 Å². The van der Waals surface area contributed by atoms with E-state index in [1.165, 1.54) is 4.31 Å². The highest BCUT2D eigenvalue weighted by Gasteiger charge is 2.39. The molecule has 5 nitrogen and oxygen atoms in total. The second kappa shape index (κ2) is 4.56. The summed E-state index contributed by atoms with van der Waals surface area (Å²) in [7, 11) is -3.33. The molecule has 7 heteroatoms. The fourth-order valence-electron chi connectivity index (χ4n) is 2.37. The smallest absolute Gasteiger partial charge is 0.282 e. The maximum atomic E-state index is 12.3. The number of hydrogen-bond donors (Lipinski definition) is 1. The van der Waals surface area contributed by atoms with E-state index in [4.69, 9.17) is 18.0 Å². The predicted octanol–water partition coefficient (Wildman–Crippen LogP) is 0.0775. The van der Waals surface area contributed by atoms with Crippen molar-refractivity contribution in [2.75, 3.05) is 19.6 Å². The highest BCUT2D eigenvalue weighted by atomic mass is 32.2. The summed E-state index contributed by atoms with van der Waals surface area (Å²) in [5.41, 5.74) is 5.59. The molecule has 16 heavy (non-hydrogen) atoms. The zero-order valence-electron chi connectivity index (χ0n) is 9.13. The average Bonchev–Trinajstić information content (AvgIpc) is 2.89. The first-order valence-corrected chi connectivity index (χ1v) is 7.40. The van der Waals surface area contributed by atoms with E-state index in [0.29, 0.717) is 24.6 Å². The topological polar surface area (TPSA) is 66.6 Å². The van der Waals surface area contributed by atoms with Crippen molar-refractivity contribution in [1.82, 2.24) is 8.61 Å². The molecule has 1 atom stereocenters. The second-order valence-electron chi connectivity index (χ2n) is 4.29. The minimum atomic E-state index is -3.33. The Balaban J connectivity index is 2.19. The Morgan fingerprint density at radius 3 is 2.38 bits per heavy atom. The highest BCUT2D eigenvalue weighted by Crippen LogP contribution is 2.25. The van der Waals surface area contributed by atoms with E-state index in [0.717, 1.165) is 25.7 Å². The fraction of sp³-hybridized carbons (Fsp3) is 0.889. The Kier molecular flexibility index (Phi) is 3.48. The van der Waals surface area contributed by atoms with E-state index in [1.54, 1.807) is 4.31 Å². The molecular weight excluding hydrogens is 246 g/mol. The summed E-state index contributed by atoms with van der Waals surface area (Å²) in [5.74, 6) is 0. The molecule has 2 aliphatic heterocycles. The number of nitrogens with zero attached hydrogens (tertiary/aromatic N) is 2. The van der Waals surface area contributed by atoms with Crippen LogP contribution in [0.5, 0.6) is 0 Å². The SMILES string of the molecule is NC(=S)C1CCCN1S(=O)(=O)N1CCCC1. The van der Waals surface area contributed by atoms with Crippen LogP contribution < -0.4 is 5.73 Å². The first-order chi connectivity index (χ1) is 7.53. The van der Waals surface area contributed by atoms with Crippen molar-refractivity contribution >= 4 is 27.4 Å². The highest BCUT2D eigenvalue weighted by molar-refractivity contribution is 7.87. The summed E-state index contributed by atoms with van der Waals surface area (Å²) in [4.78, 5) is 0.292. The van der Waals surface area contributed by atoms with Gasteiger partial charge in [-0.15, -0.1) is 0 Å². The number of nitrogens with two attached hydrogens (primary N) is 1. The molecule has 0 spiro atoms. The maximum absolute atomic E-state index is 12.3. The summed E-state index contributed by atoms with van der Waals surface area (Å²) < 4.78 is 27.6. The Labute approximate surface area is 102 Å². The Morgan fingerprint density at radius 2 is 1.81 bits per heavy atom. The van der Waals surface area contributed by atoms with Crippen LogP contribution in [-0.2, 0) is 10.2 Å². The molecule has 0 aromatic carbocycles. The summed E-state index contributed by atoms with van der Waals surface area (Å²) in [6, 6.07) is -0.277. The molecule has 92 valence electrons. The Bertz CT molecular complexity index is 376. The van der Waals surface area contributed by atoms with Crippen LogP contribution in [-0.4, -0.2) is 47.7 Å². The van der Waals surface area contributed by atoms with E-state index in [-0.39, 0.29) is 6.04 Å². The predicted molar refractivity (Wildman–Crippen MR) is 66.2 cm³/mol. The van der Waals surface area contributed by atoms with Gasteiger partial charge in [-0.3, -0.25) is 0 Å². The molecule has 2 rings (SSSR count). The van der Waals surface area contributed by atoms with Crippen molar-refractivity contribution in [1.29, 1.82) is 0 Å². The zero-order valence-corrected chi connectivity index (χ0v) is 10.8. The van der Waals surface area contributed by atoms with Crippen LogP contribution in [0.15, 0.2) is 0 Å². The minimum Gasteiger partial charge on any atom is -0.392 e. The minimum absolute atomic E-state index is 0.277. The number of thiocarbonyl (C=S) groups is 1. The van der Waals surface area contributed by atoms with Gasteiger partial charge in [-0.05, 0) is 25.7 Å². The maximum Gasteiger partial charge on any atom is 0.282 e. The van der Waals surface area contributed by atoms with Gasteiger partial charge in [0.25, 0.3) is 10.2 Å². The van der Waals surface area contributed by atoms with Gasteiger partial charge in [0, 0.05) is 19.6 Å². The van der Waals surface area contributed by atoms with Gasteiger partial charge in [-0.1, -0.05) is 12.2 Å². The van der Waals surface area contributed by atoms with Gasteiger partial charge in [0.1, 0.15) is 0 Å². The third-order valence-corrected chi connectivity index (χ3v) is 5.54. The molecule has 2 saturated heterocycles. The molecule has 0 amide bonds. The molecule has 0 aromatic heterocycles. The lowest BCUT2D eigenvalue weighted by Gasteiger charge is -2.27. The number of hydrogen-bond acceptors (Lipinski definition) is 3. The van der Waals surface area contributed by atoms with Crippen molar-refractivity contribution in [3.05, 3.63) is 0 Å². The molecule has 0 radical (unpaired) electrons. The van der Waals surface area contributed by atoms with Crippen molar-refractivity contribution in [2.24, 2.45) is 5.73 Å². The largest absolute Gasteiger partial charge is 0.392 e. The van der Waals surface area contributed by atoms with Crippen molar-refractivity contribution in [3.8, 4) is 0 Å². The zero-order chi connectivity index (χ0) is 11.8. The lowest BCUT2D eigenvalue weighted by molar-refractivity contribution is 0.380. The van der Waals surface area contributed by atoms with Crippen molar-refractivity contribution < 1.29 is 8.42 Å². The lowest BCUT2D eigenvalue weighted by atomic mass is 10.2. The Hall–Kier alpha value is -0.240. The fourth-order valence-corrected chi connectivity index (χ4v) is 4.60. The van der Waals surface area contributed by atoms with Crippen LogP contribution in [0.4, 0.5) is 0 Å². The third kappa shape index (κ3) is 2.09. The van der Waals surface area contributed by atoms with Crippen LogP contribution in [0.3, 0.4) is 0 Å². The molecule has 0 bridgehead atoms. The first-order valence-electron chi connectivity index (χ1n) is 5.60. The number of rotatable bonds is 3. The van der Waals surface area contributed by atoms with Crippen LogP contribution in [0.25, 0.3) is 0 Å². The van der Waals surface area contributed by atoms with Crippen LogP contribution >= 0.6 is 12.2 Å². The van der Waals surface area contributed by atoms with E-state index in [9.17, 15) is 8.42 Å². The molecular formula is C9H17N3O2S2. The molecule has 0 saturated carbocycles. The van der Waals surface area contributed by atoms with Gasteiger partial charge in [-0.25, -0.2) is 0 Å². The van der Waals surface area contributed by atoms with E-state index in [1.807, 2.05) is 0 Å². The van der Waals surface area contributed by atoms with Gasteiger partial charge in [-0.2, -0.15) is 17.0 Å². The second-order valence-corrected chi connectivity index (χ2v) is 6.64. The van der Waals surface area contributed by atoms with Gasteiger partial charge in [0.2, 0.25) is 0 Å². The Morgan fingerprint density at radius 1 is 1.19 bits per heavy atom. The molecule has 2 heterocycles. The summed E-state index contributed by atoms with van der Waals surface area (Å²) in [6.07, 6.45) is 3.49. The molecule has 2 aliphatic rings. The summed E-state index contributed by atoms with van der Waals surface area (Å²) in [5, 5.41) is 0. The third-order valence-electron chi connectivity index (χ3n) is 3.22. The quantitative estimate of drug-likeness (QED) is 0.732. The van der Waals surface area contributed by atoms with Crippen molar-refractivity contribution in [2.45, 2.75) is 31.7 Å². The molecule has 0 aromatic rings. The normalized spacial score (nSPS) is 28.6. The monoisotopic (exact) mass is 263 g/mol. The average molecular weight is 263 g/mol. The van der Waals surface area contributed by atoms with Crippen molar-refractivity contribution in [3.63, 3.8) is 0 Å². The molecule has 1 unspecified atom stereocenters. The van der Waals surface area contributed by atoms with Crippen LogP contribution in [0.1, 0.15) is 25.7 Å². The van der Waals surface area contributed by atoms with Gasteiger partial charge < -0.3 is 5.73 Å². The van der Waals surface area contributed by atoms with Crippen LogP contribution in [0.2, 0.25) is 0 Å². The van der Waals surface area contributed by atoms with E-state index in [2.05, 4.69) is 0 Å². The van der Waals surface area contributed by atoms with Gasteiger partial charge in [0.15, 0.2) is 0 Å². The molecule has 2 N–H and O–H groups in total.